The molecule has 0 N–H and O–H groups in total. The average Bonchev–Trinajstić information content (AvgIpc) is 2.59. The molecule has 4 heteroatoms. The van der Waals surface area contributed by atoms with Gasteiger partial charge in [0.05, 0.1) is 16.4 Å². The van der Waals surface area contributed by atoms with Crippen LogP contribution in [0.5, 0.6) is 0 Å². The van der Waals surface area contributed by atoms with Crippen LogP contribution in [-0.4, -0.2) is 22.9 Å². The molecule has 4 fully saturated rings. The Bertz CT molecular complexity index is 780. The van der Waals surface area contributed by atoms with Gasteiger partial charge in [0.1, 0.15) is 0 Å². The number of fused-ring (bicyclic) bond motifs is 1. The molecule has 0 atom stereocenters. The second-order valence-electron chi connectivity index (χ2n) is 8.29. The Morgan fingerprint density at radius 2 is 1.58 bits per heavy atom. The first-order chi connectivity index (χ1) is 11.6. The molecule has 6 rings (SSSR count). The van der Waals surface area contributed by atoms with Crippen molar-refractivity contribution >= 4 is 22.6 Å². The fraction of sp³-hybridized carbons (Fsp3) is 0.550. The summed E-state index contributed by atoms with van der Waals surface area (Å²) in [5.41, 5.74) is 2.56. The molecule has 24 heavy (non-hydrogen) atoms. The van der Waals surface area contributed by atoms with Crippen LogP contribution in [0.3, 0.4) is 0 Å². The van der Waals surface area contributed by atoms with E-state index in [1.54, 1.807) is 12.4 Å². The van der Waals surface area contributed by atoms with Crippen molar-refractivity contribution in [2.24, 2.45) is 23.2 Å². The molecule has 0 spiro atoms. The highest BCUT2D eigenvalue weighted by Gasteiger charge is 2.55. The Balaban J connectivity index is 1.47. The predicted octanol–water partition coefficient (Wildman–Crippen LogP) is 3.81. The van der Waals surface area contributed by atoms with Gasteiger partial charge in [-0.25, -0.2) is 0 Å². The molecule has 1 aromatic carbocycles. The monoisotopic (exact) mass is 321 g/mol. The fourth-order valence-corrected chi connectivity index (χ4v) is 6.01. The molecule has 4 aliphatic carbocycles. The molecule has 4 aliphatic rings. The van der Waals surface area contributed by atoms with E-state index in [2.05, 4.69) is 9.97 Å². The minimum absolute atomic E-state index is 0.0964. The van der Waals surface area contributed by atoms with Crippen molar-refractivity contribution in [1.29, 1.82) is 0 Å². The number of hydrogen-bond donors (Lipinski definition) is 0. The van der Waals surface area contributed by atoms with Crippen LogP contribution in [-0.2, 0) is 4.79 Å². The first-order valence-electron chi connectivity index (χ1n) is 9.12. The second kappa shape index (κ2) is 5.01. The van der Waals surface area contributed by atoms with Crippen LogP contribution in [0.15, 0.2) is 30.6 Å². The summed E-state index contributed by atoms with van der Waals surface area (Å²) in [5, 5.41) is 0. The molecule has 1 aromatic heterocycles. The van der Waals surface area contributed by atoms with Gasteiger partial charge >= 0.3 is 0 Å². The zero-order valence-electron chi connectivity index (χ0n) is 14.1. The molecule has 0 unspecified atom stereocenters. The first kappa shape index (κ1) is 14.4. The highest BCUT2D eigenvalue weighted by molar-refractivity contribution is 5.98. The molecule has 1 amide bonds. The molecular formula is C20H23N3O. The van der Waals surface area contributed by atoms with Crippen LogP contribution >= 0.6 is 0 Å². The minimum atomic E-state index is -0.0964. The van der Waals surface area contributed by atoms with Crippen molar-refractivity contribution in [3.05, 3.63) is 30.6 Å². The summed E-state index contributed by atoms with van der Waals surface area (Å²) in [5.74, 6) is 2.69. The summed E-state index contributed by atoms with van der Waals surface area (Å²) in [6, 6.07) is 5.94. The molecule has 4 nitrogen and oxygen atoms in total. The van der Waals surface area contributed by atoms with Crippen LogP contribution in [0.25, 0.3) is 11.0 Å². The Hall–Kier alpha value is -1.97. The zero-order valence-corrected chi connectivity index (χ0v) is 14.1. The van der Waals surface area contributed by atoms with Crippen molar-refractivity contribution in [2.75, 3.05) is 11.9 Å². The predicted molar refractivity (Wildman–Crippen MR) is 93.6 cm³/mol. The fourth-order valence-electron chi connectivity index (χ4n) is 6.01. The SMILES string of the molecule is CN(C(=O)C12CC3CC(CC(C3)C1)C2)c1ccc2nccnc2c1. The smallest absolute Gasteiger partial charge is 0.232 e. The lowest BCUT2D eigenvalue weighted by atomic mass is 9.49. The van der Waals surface area contributed by atoms with Crippen molar-refractivity contribution in [3.63, 3.8) is 0 Å². The van der Waals surface area contributed by atoms with Crippen LogP contribution in [0.1, 0.15) is 38.5 Å². The third-order valence-electron chi connectivity index (χ3n) is 6.64. The molecule has 2 aromatic rings. The highest BCUT2D eigenvalue weighted by atomic mass is 16.2. The van der Waals surface area contributed by atoms with Crippen LogP contribution < -0.4 is 4.90 Å². The van der Waals surface area contributed by atoms with Crippen molar-refractivity contribution in [1.82, 2.24) is 9.97 Å². The molecule has 0 radical (unpaired) electrons. The molecule has 4 bridgehead atoms. The Morgan fingerprint density at radius 1 is 1.00 bits per heavy atom. The summed E-state index contributed by atoms with van der Waals surface area (Å²) in [7, 11) is 1.93. The lowest BCUT2D eigenvalue weighted by Gasteiger charge is -2.56. The lowest BCUT2D eigenvalue weighted by molar-refractivity contribution is -0.143. The zero-order chi connectivity index (χ0) is 16.3. The van der Waals surface area contributed by atoms with E-state index in [-0.39, 0.29) is 5.41 Å². The van der Waals surface area contributed by atoms with Gasteiger partial charge < -0.3 is 4.90 Å². The van der Waals surface area contributed by atoms with E-state index in [4.69, 9.17) is 0 Å². The summed E-state index contributed by atoms with van der Waals surface area (Å²) >= 11 is 0. The lowest BCUT2D eigenvalue weighted by Crippen LogP contribution is -2.54. The number of anilines is 1. The molecular weight excluding hydrogens is 298 g/mol. The third-order valence-corrected chi connectivity index (χ3v) is 6.64. The summed E-state index contributed by atoms with van der Waals surface area (Å²) < 4.78 is 0. The van der Waals surface area contributed by atoms with Gasteiger partial charge in [0.25, 0.3) is 0 Å². The third kappa shape index (κ3) is 2.08. The van der Waals surface area contributed by atoms with Gasteiger partial charge in [-0.1, -0.05) is 0 Å². The van der Waals surface area contributed by atoms with Crippen molar-refractivity contribution in [2.45, 2.75) is 38.5 Å². The van der Waals surface area contributed by atoms with Gasteiger partial charge in [0, 0.05) is 25.1 Å². The average molecular weight is 321 g/mol. The second-order valence-corrected chi connectivity index (χ2v) is 8.29. The highest BCUT2D eigenvalue weighted by Crippen LogP contribution is 2.60. The summed E-state index contributed by atoms with van der Waals surface area (Å²) in [4.78, 5) is 24.0. The summed E-state index contributed by atoms with van der Waals surface area (Å²) in [6.45, 7) is 0. The first-order valence-corrected chi connectivity index (χ1v) is 9.12. The van der Waals surface area contributed by atoms with Gasteiger partial charge in [-0.2, -0.15) is 0 Å². The van der Waals surface area contributed by atoms with Crippen LogP contribution in [0.2, 0.25) is 0 Å². The van der Waals surface area contributed by atoms with E-state index in [0.29, 0.717) is 5.91 Å². The molecule has 124 valence electrons. The molecule has 4 saturated carbocycles. The van der Waals surface area contributed by atoms with E-state index >= 15 is 0 Å². The number of carbonyl (C=O) groups is 1. The van der Waals surface area contributed by atoms with E-state index in [0.717, 1.165) is 53.7 Å². The summed E-state index contributed by atoms with van der Waals surface area (Å²) in [6.07, 6.45) is 10.8. The van der Waals surface area contributed by atoms with Gasteiger partial charge in [-0.15, -0.1) is 0 Å². The van der Waals surface area contributed by atoms with E-state index < -0.39 is 0 Å². The number of nitrogens with zero attached hydrogens (tertiary/aromatic N) is 3. The van der Waals surface area contributed by atoms with Gasteiger partial charge in [0.15, 0.2) is 0 Å². The quantitative estimate of drug-likeness (QED) is 0.845. The molecule has 0 saturated heterocycles. The Morgan fingerprint density at radius 3 is 2.21 bits per heavy atom. The Kier molecular flexibility index (Phi) is 3.00. The Labute approximate surface area is 142 Å². The number of amides is 1. The van der Waals surface area contributed by atoms with Crippen molar-refractivity contribution < 1.29 is 4.79 Å². The topological polar surface area (TPSA) is 46.1 Å². The normalized spacial score (nSPS) is 33.8. The minimum Gasteiger partial charge on any atom is -0.315 e. The van der Waals surface area contributed by atoms with Crippen LogP contribution in [0.4, 0.5) is 5.69 Å². The van der Waals surface area contributed by atoms with Gasteiger partial charge in [0.2, 0.25) is 5.91 Å². The van der Waals surface area contributed by atoms with Crippen molar-refractivity contribution in [3.8, 4) is 0 Å². The molecule has 0 aliphatic heterocycles. The van der Waals surface area contributed by atoms with Gasteiger partial charge in [-0.05, 0) is 74.5 Å². The standard InChI is InChI=1S/C20H23N3O/c1-23(16-2-3-17-18(9-16)22-5-4-21-17)19(24)20-10-13-6-14(11-20)8-15(7-13)12-20/h2-5,9,13-15H,6-8,10-12H2,1H3. The maximum atomic E-state index is 13.4. The number of benzene rings is 1. The van der Waals surface area contributed by atoms with E-state index in [1.807, 2.05) is 30.1 Å². The number of rotatable bonds is 2. The largest absolute Gasteiger partial charge is 0.315 e. The number of hydrogen-bond acceptors (Lipinski definition) is 3. The van der Waals surface area contributed by atoms with Crippen LogP contribution in [0, 0.1) is 23.2 Å². The maximum absolute atomic E-state index is 13.4. The van der Waals surface area contributed by atoms with E-state index in [1.165, 1.54) is 19.3 Å². The van der Waals surface area contributed by atoms with E-state index in [9.17, 15) is 4.79 Å². The number of carbonyl (C=O) groups excluding carboxylic acids is 1. The number of aromatic nitrogens is 2. The maximum Gasteiger partial charge on any atom is 0.232 e. The van der Waals surface area contributed by atoms with Gasteiger partial charge in [-0.3, -0.25) is 14.8 Å². The molecule has 1 heterocycles.